The van der Waals surface area contributed by atoms with Crippen molar-refractivity contribution in [2.24, 2.45) is 0 Å². The zero-order valence-corrected chi connectivity index (χ0v) is 28.3. The molecule has 3 aromatic carbocycles. The first-order valence-electron chi connectivity index (χ1n) is 16.6. The van der Waals surface area contributed by atoms with E-state index < -0.39 is 16.1 Å². The summed E-state index contributed by atoms with van der Waals surface area (Å²) < 4.78 is 44.0. The number of nitrogens with zero attached hydrogens (tertiary/aromatic N) is 2. The number of nitrogens with one attached hydrogen (secondary N) is 1. The fraction of sp³-hybridized carbons (Fsp3) is 0.405. The highest BCUT2D eigenvalue weighted by Gasteiger charge is 2.31. The monoisotopic (exact) mass is 675 g/mol. The van der Waals surface area contributed by atoms with Crippen LogP contribution in [0.5, 0.6) is 11.5 Å². The van der Waals surface area contributed by atoms with Crippen molar-refractivity contribution in [1.29, 1.82) is 0 Å². The number of hydrogen-bond donors (Lipinski definition) is 1. The largest absolute Gasteiger partial charge is 0.497 e. The van der Waals surface area contributed by atoms with Crippen LogP contribution in [-0.4, -0.2) is 82.0 Å². The highest BCUT2D eigenvalue weighted by molar-refractivity contribution is 7.89. The van der Waals surface area contributed by atoms with E-state index in [1.807, 2.05) is 54.6 Å². The van der Waals surface area contributed by atoms with Crippen LogP contribution in [0.25, 0.3) is 0 Å². The molecular weight excluding hydrogens is 630 g/mol. The number of sulfonamides is 1. The number of amides is 2. The van der Waals surface area contributed by atoms with Crippen molar-refractivity contribution in [1.82, 2.24) is 14.5 Å². The Morgan fingerprint density at radius 3 is 2.29 bits per heavy atom. The Morgan fingerprint density at radius 1 is 0.917 bits per heavy atom. The van der Waals surface area contributed by atoms with Crippen molar-refractivity contribution in [2.75, 3.05) is 46.6 Å². The molecule has 1 atom stereocenters. The predicted molar refractivity (Wildman–Crippen MR) is 183 cm³/mol. The number of allylic oxidation sites excluding steroid dienone is 1. The lowest BCUT2D eigenvalue weighted by Gasteiger charge is -2.31. The second kappa shape index (κ2) is 17.3. The fourth-order valence-corrected chi connectivity index (χ4v) is 7.36. The van der Waals surface area contributed by atoms with Crippen LogP contribution in [0.2, 0.25) is 0 Å². The van der Waals surface area contributed by atoms with Crippen molar-refractivity contribution in [2.45, 2.75) is 56.0 Å². The van der Waals surface area contributed by atoms with Gasteiger partial charge in [0.15, 0.2) is 6.61 Å². The van der Waals surface area contributed by atoms with E-state index in [1.54, 1.807) is 24.1 Å². The first kappa shape index (κ1) is 35.1. The van der Waals surface area contributed by atoms with E-state index in [0.29, 0.717) is 50.8 Å². The van der Waals surface area contributed by atoms with Gasteiger partial charge in [-0.15, -0.1) is 0 Å². The molecule has 2 aliphatic rings. The summed E-state index contributed by atoms with van der Waals surface area (Å²) in [5.41, 5.74) is 3.13. The summed E-state index contributed by atoms with van der Waals surface area (Å²) in [6.07, 6.45) is 7.91. The van der Waals surface area contributed by atoms with Gasteiger partial charge < -0.3 is 24.4 Å². The maximum Gasteiger partial charge on any atom is 0.261 e. The normalized spacial score (nSPS) is 16.0. The minimum Gasteiger partial charge on any atom is -0.497 e. The molecule has 0 radical (unpaired) electrons. The number of carbonyl (C=O) groups is 2. The molecule has 10 nitrogen and oxygen atoms in total. The van der Waals surface area contributed by atoms with Crippen LogP contribution >= 0.6 is 0 Å². The Bertz CT molecular complexity index is 1620. The van der Waals surface area contributed by atoms with Crippen LogP contribution in [0.15, 0.2) is 95.4 Å². The highest BCUT2D eigenvalue weighted by Crippen LogP contribution is 2.23. The van der Waals surface area contributed by atoms with Gasteiger partial charge in [-0.25, -0.2) is 8.42 Å². The number of rotatable bonds is 15. The van der Waals surface area contributed by atoms with Crippen LogP contribution < -0.4 is 14.8 Å². The summed E-state index contributed by atoms with van der Waals surface area (Å²) in [5, 5.41) is 3.11. The standard InChI is InChI=1S/C37H45N3O7S/c1-45-32-14-12-31(13-15-32)27-40(35(26-30-10-6-3-7-11-30)37(42)38-21-20-29-8-4-2-5-9-29)36(41)28-47-33-16-18-34(19-17-33)48(43,44)39-22-24-46-25-23-39/h3,6-8,10-19,35H,2,4-5,9,20-28H2,1H3,(H,38,42)/t35-/m1/s1. The molecule has 0 unspecified atom stereocenters. The zero-order valence-electron chi connectivity index (χ0n) is 27.5. The molecule has 0 bridgehead atoms. The van der Waals surface area contributed by atoms with E-state index in [2.05, 4.69) is 11.4 Å². The van der Waals surface area contributed by atoms with Gasteiger partial charge >= 0.3 is 0 Å². The lowest BCUT2D eigenvalue weighted by atomic mass is 9.97. The first-order valence-corrected chi connectivity index (χ1v) is 18.0. The molecule has 1 aliphatic carbocycles. The molecule has 2 amide bonds. The molecule has 1 fully saturated rings. The van der Waals surface area contributed by atoms with E-state index >= 15 is 0 Å². The third-order valence-corrected chi connectivity index (χ3v) is 10.6. The molecule has 1 saturated heterocycles. The molecular formula is C37H45N3O7S. The second-order valence-corrected chi connectivity index (χ2v) is 13.9. The Labute approximate surface area is 283 Å². The van der Waals surface area contributed by atoms with Crippen molar-refractivity contribution in [3.63, 3.8) is 0 Å². The molecule has 0 saturated carbocycles. The molecule has 256 valence electrons. The van der Waals surface area contributed by atoms with Gasteiger partial charge in [0.05, 0.1) is 25.2 Å². The molecule has 48 heavy (non-hydrogen) atoms. The van der Waals surface area contributed by atoms with Gasteiger partial charge in [0.2, 0.25) is 15.9 Å². The van der Waals surface area contributed by atoms with Crippen LogP contribution in [-0.2, 0) is 37.3 Å². The van der Waals surface area contributed by atoms with Crippen molar-refractivity contribution in [3.05, 3.63) is 102 Å². The van der Waals surface area contributed by atoms with Gasteiger partial charge in [-0.3, -0.25) is 9.59 Å². The number of benzene rings is 3. The molecule has 1 heterocycles. The summed E-state index contributed by atoms with van der Waals surface area (Å²) in [5.74, 6) is 0.435. The Kier molecular flexibility index (Phi) is 12.6. The number of morpholine rings is 1. The molecule has 0 aromatic heterocycles. The number of carbonyl (C=O) groups excluding carboxylic acids is 2. The van der Waals surface area contributed by atoms with Gasteiger partial charge in [-0.1, -0.05) is 54.1 Å². The van der Waals surface area contributed by atoms with Gasteiger partial charge in [-0.2, -0.15) is 4.31 Å². The van der Waals surface area contributed by atoms with Gasteiger partial charge in [-0.05, 0) is 79.6 Å². The second-order valence-electron chi connectivity index (χ2n) is 12.0. The predicted octanol–water partition coefficient (Wildman–Crippen LogP) is 4.74. The maximum atomic E-state index is 14.0. The average Bonchev–Trinajstić information content (AvgIpc) is 3.13. The highest BCUT2D eigenvalue weighted by atomic mass is 32.2. The summed E-state index contributed by atoms with van der Waals surface area (Å²) in [6, 6.07) is 22.3. The number of ether oxygens (including phenoxy) is 3. The zero-order chi connectivity index (χ0) is 33.8. The van der Waals surface area contributed by atoms with E-state index in [1.165, 1.54) is 34.9 Å². The third kappa shape index (κ3) is 9.68. The Hall–Kier alpha value is -4.19. The third-order valence-electron chi connectivity index (χ3n) is 8.71. The maximum absolute atomic E-state index is 14.0. The SMILES string of the molecule is COc1ccc(CN(C(=O)COc2ccc(S(=O)(=O)N3CCOCC3)cc2)[C@H](Cc2ccccc2)C(=O)NCCC2=CCCCC2)cc1. The topological polar surface area (TPSA) is 114 Å². The van der Waals surface area contributed by atoms with Gasteiger partial charge in [0, 0.05) is 32.6 Å². The Morgan fingerprint density at radius 2 is 1.62 bits per heavy atom. The van der Waals surface area contributed by atoms with Crippen LogP contribution in [0.3, 0.4) is 0 Å². The molecule has 3 aromatic rings. The van der Waals surface area contributed by atoms with Crippen molar-refractivity contribution in [3.8, 4) is 11.5 Å². The van der Waals surface area contributed by atoms with E-state index in [9.17, 15) is 18.0 Å². The summed E-state index contributed by atoms with van der Waals surface area (Å²) in [7, 11) is -2.07. The molecule has 5 rings (SSSR count). The van der Waals surface area contributed by atoms with E-state index in [4.69, 9.17) is 14.2 Å². The van der Waals surface area contributed by atoms with Crippen molar-refractivity contribution >= 4 is 21.8 Å². The van der Waals surface area contributed by atoms with Crippen molar-refractivity contribution < 1.29 is 32.2 Å². The fourth-order valence-electron chi connectivity index (χ4n) is 5.95. The minimum atomic E-state index is -3.66. The molecule has 1 N–H and O–H groups in total. The summed E-state index contributed by atoms with van der Waals surface area (Å²) >= 11 is 0. The number of methoxy groups -OCH3 is 1. The number of hydrogen-bond acceptors (Lipinski definition) is 7. The van der Waals surface area contributed by atoms with Gasteiger partial charge in [0.25, 0.3) is 5.91 Å². The van der Waals surface area contributed by atoms with E-state index in [-0.39, 0.29) is 29.9 Å². The Balaban J connectivity index is 1.33. The van der Waals surface area contributed by atoms with Crippen LogP contribution in [0.1, 0.15) is 43.2 Å². The van der Waals surface area contributed by atoms with Crippen LogP contribution in [0.4, 0.5) is 0 Å². The summed E-state index contributed by atoms with van der Waals surface area (Å²) in [6.45, 7) is 1.66. The smallest absolute Gasteiger partial charge is 0.261 e. The minimum absolute atomic E-state index is 0.146. The quantitative estimate of drug-likeness (QED) is 0.232. The van der Waals surface area contributed by atoms with E-state index in [0.717, 1.165) is 30.4 Å². The lowest BCUT2D eigenvalue weighted by Crippen LogP contribution is -2.51. The first-order chi connectivity index (χ1) is 23.3. The lowest BCUT2D eigenvalue weighted by molar-refractivity contribution is -0.142. The molecule has 11 heteroatoms. The van der Waals surface area contributed by atoms with Gasteiger partial charge in [0.1, 0.15) is 17.5 Å². The molecule has 0 spiro atoms. The van der Waals surface area contributed by atoms with Crippen LogP contribution in [0, 0.1) is 0 Å². The molecule has 1 aliphatic heterocycles. The summed E-state index contributed by atoms with van der Waals surface area (Å²) in [4.78, 5) is 29.6. The average molecular weight is 676 g/mol.